The molecule has 122 valence electrons. The van der Waals surface area contributed by atoms with Crippen molar-refractivity contribution >= 4 is 22.6 Å². The number of aryl methyl sites for hydroxylation is 2. The number of aromatic nitrogens is 2. The molecule has 1 amide bonds. The fourth-order valence-corrected chi connectivity index (χ4v) is 2.55. The van der Waals surface area contributed by atoms with E-state index < -0.39 is 5.91 Å². The number of anilines is 1. The van der Waals surface area contributed by atoms with Crippen LogP contribution in [0.15, 0.2) is 47.5 Å². The molecule has 24 heavy (non-hydrogen) atoms. The largest absolute Gasteiger partial charge is 0.497 e. The average Bonchev–Trinajstić information content (AvgIpc) is 2.57. The van der Waals surface area contributed by atoms with Crippen molar-refractivity contribution in [3.05, 3.63) is 64.1 Å². The molecule has 2 heterocycles. The fraction of sp³-hybridized carbons (Fsp3) is 0.167. The third-order valence-corrected chi connectivity index (χ3v) is 3.80. The predicted octanol–water partition coefficient (Wildman–Crippen LogP) is 2.50. The molecular formula is C18H17N3O3. The summed E-state index contributed by atoms with van der Waals surface area (Å²) in [6.45, 7) is 1.90. The zero-order valence-corrected chi connectivity index (χ0v) is 13.7. The SMILES string of the molecule is COc1ccc2c(c1)c(=O)c(C(=O)Nc1cc(C)ccn1)cn2C. The molecule has 0 radical (unpaired) electrons. The highest BCUT2D eigenvalue weighted by Gasteiger charge is 2.15. The second-order valence-electron chi connectivity index (χ2n) is 5.54. The smallest absolute Gasteiger partial charge is 0.262 e. The zero-order valence-electron chi connectivity index (χ0n) is 13.7. The molecule has 0 aliphatic rings. The number of rotatable bonds is 3. The summed E-state index contributed by atoms with van der Waals surface area (Å²) in [5.74, 6) is 0.490. The number of hydrogen-bond donors (Lipinski definition) is 1. The average molecular weight is 323 g/mol. The van der Waals surface area contributed by atoms with Gasteiger partial charge in [0.1, 0.15) is 17.1 Å². The van der Waals surface area contributed by atoms with Crippen molar-refractivity contribution in [2.45, 2.75) is 6.92 Å². The van der Waals surface area contributed by atoms with Crippen LogP contribution in [0.1, 0.15) is 15.9 Å². The third-order valence-electron chi connectivity index (χ3n) is 3.80. The van der Waals surface area contributed by atoms with E-state index in [1.54, 1.807) is 42.1 Å². The number of hydrogen-bond acceptors (Lipinski definition) is 4. The Bertz CT molecular complexity index is 992. The summed E-state index contributed by atoms with van der Waals surface area (Å²) in [7, 11) is 3.32. The zero-order chi connectivity index (χ0) is 17.3. The lowest BCUT2D eigenvalue weighted by Crippen LogP contribution is -2.23. The van der Waals surface area contributed by atoms with Crippen molar-refractivity contribution in [3.63, 3.8) is 0 Å². The molecule has 0 saturated heterocycles. The molecule has 0 aliphatic carbocycles. The third kappa shape index (κ3) is 2.86. The summed E-state index contributed by atoms with van der Waals surface area (Å²) in [5.41, 5.74) is 1.41. The molecule has 0 fully saturated rings. The minimum atomic E-state index is -0.488. The number of ether oxygens (including phenoxy) is 1. The summed E-state index contributed by atoms with van der Waals surface area (Å²) in [4.78, 5) is 29.3. The van der Waals surface area contributed by atoms with E-state index in [1.165, 1.54) is 13.3 Å². The number of benzene rings is 1. The van der Waals surface area contributed by atoms with Gasteiger partial charge in [0.2, 0.25) is 5.43 Å². The molecule has 0 aliphatic heterocycles. The first kappa shape index (κ1) is 15.7. The highest BCUT2D eigenvalue weighted by atomic mass is 16.5. The number of carbonyl (C=O) groups excluding carboxylic acids is 1. The lowest BCUT2D eigenvalue weighted by Gasteiger charge is -2.10. The number of nitrogens with zero attached hydrogens (tertiary/aromatic N) is 2. The monoisotopic (exact) mass is 323 g/mol. The molecule has 0 spiro atoms. The van der Waals surface area contributed by atoms with Gasteiger partial charge in [-0.3, -0.25) is 9.59 Å². The maximum absolute atomic E-state index is 12.7. The summed E-state index contributed by atoms with van der Waals surface area (Å²) < 4.78 is 6.91. The molecule has 6 heteroatoms. The number of pyridine rings is 2. The second-order valence-corrected chi connectivity index (χ2v) is 5.54. The summed E-state index contributed by atoms with van der Waals surface area (Å²) in [6, 6.07) is 8.78. The van der Waals surface area contributed by atoms with Crippen LogP contribution in [0, 0.1) is 6.92 Å². The Morgan fingerprint density at radius 3 is 2.75 bits per heavy atom. The fourth-order valence-electron chi connectivity index (χ4n) is 2.55. The minimum Gasteiger partial charge on any atom is -0.497 e. The molecule has 0 saturated carbocycles. The molecule has 3 aromatic rings. The summed E-state index contributed by atoms with van der Waals surface area (Å²) in [5, 5.41) is 3.10. The van der Waals surface area contributed by atoms with Gasteiger partial charge in [0.15, 0.2) is 0 Å². The predicted molar refractivity (Wildman–Crippen MR) is 92.7 cm³/mol. The molecule has 0 atom stereocenters. The van der Waals surface area contributed by atoms with Crippen LogP contribution in [0.5, 0.6) is 5.75 Å². The van der Waals surface area contributed by atoms with Gasteiger partial charge in [-0.2, -0.15) is 0 Å². The van der Waals surface area contributed by atoms with Gasteiger partial charge in [0.25, 0.3) is 5.91 Å². The van der Waals surface area contributed by atoms with E-state index in [2.05, 4.69) is 10.3 Å². The Morgan fingerprint density at radius 2 is 2.04 bits per heavy atom. The van der Waals surface area contributed by atoms with Crippen molar-refractivity contribution in [2.24, 2.45) is 7.05 Å². The van der Waals surface area contributed by atoms with Crippen LogP contribution < -0.4 is 15.5 Å². The molecule has 0 bridgehead atoms. The minimum absolute atomic E-state index is 0.0570. The van der Waals surface area contributed by atoms with E-state index in [-0.39, 0.29) is 11.0 Å². The molecule has 6 nitrogen and oxygen atoms in total. The van der Waals surface area contributed by atoms with Crippen LogP contribution in [0.2, 0.25) is 0 Å². The van der Waals surface area contributed by atoms with E-state index in [0.717, 1.165) is 11.1 Å². The van der Waals surface area contributed by atoms with Crippen LogP contribution in [0.25, 0.3) is 10.9 Å². The second kappa shape index (κ2) is 6.16. The molecule has 3 rings (SSSR count). The van der Waals surface area contributed by atoms with Gasteiger partial charge in [-0.05, 0) is 42.8 Å². The van der Waals surface area contributed by atoms with Crippen molar-refractivity contribution in [2.75, 3.05) is 12.4 Å². The van der Waals surface area contributed by atoms with E-state index in [1.807, 2.05) is 13.0 Å². The highest BCUT2D eigenvalue weighted by molar-refractivity contribution is 6.05. The standard InChI is InChI=1S/C18H17N3O3/c1-11-6-7-19-16(8-11)20-18(23)14-10-21(2)15-5-4-12(24-3)9-13(15)17(14)22/h4-10H,1-3H3,(H,19,20,23). The first-order valence-corrected chi connectivity index (χ1v) is 7.41. The quantitative estimate of drug-likeness (QED) is 0.804. The number of amides is 1. The van der Waals surface area contributed by atoms with Gasteiger partial charge in [-0.15, -0.1) is 0 Å². The van der Waals surface area contributed by atoms with Gasteiger partial charge < -0.3 is 14.6 Å². The lowest BCUT2D eigenvalue weighted by molar-refractivity contribution is 0.102. The Balaban J connectivity index is 2.07. The van der Waals surface area contributed by atoms with Crippen LogP contribution in [0.3, 0.4) is 0 Å². The Hall–Kier alpha value is -3.15. The maximum atomic E-state index is 12.7. The van der Waals surface area contributed by atoms with Gasteiger partial charge in [-0.1, -0.05) is 0 Å². The van der Waals surface area contributed by atoms with Gasteiger partial charge >= 0.3 is 0 Å². The molecule has 0 unspecified atom stereocenters. The van der Waals surface area contributed by atoms with Gasteiger partial charge in [-0.25, -0.2) is 4.98 Å². The van der Waals surface area contributed by atoms with Crippen molar-refractivity contribution in [1.82, 2.24) is 9.55 Å². The molecule has 1 aromatic carbocycles. The van der Waals surface area contributed by atoms with E-state index in [9.17, 15) is 9.59 Å². The molecule has 1 N–H and O–H groups in total. The topological polar surface area (TPSA) is 73.2 Å². The first-order valence-electron chi connectivity index (χ1n) is 7.41. The van der Waals surface area contributed by atoms with Crippen molar-refractivity contribution < 1.29 is 9.53 Å². The highest BCUT2D eigenvalue weighted by Crippen LogP contribution is 2.18. The number of nitrogens with one attached hydrogen (secondary N) is 1. The van der Waals surface area contributed by atoms with Crippen LogP contribution in [-0.2, 0) is 7.05 Å². The lowest BCUT2D eigenvalue weighted by atomic mass is 10.1. The number of methoxy groups -OCH3 is 1. The first-order chi connectivity index (χ1) is 11.5. The van der Waals surface area contributed by atoms with E-state index in [0.29, 0.717) is 17.0 Å². The Kier molecular flexibility index (Phi) is 4.04. The Labute approximate surface area is 138 Å². The molecular weight excluding hydrogens is 306 g/mol. The normalized spacial score (nSPS) is 10.6. The van der Waals surface area contributed by atoms with E-state index >= 15 is 0 Å². The van der Waals surface area contributed by atoms with Gasteiger partial charge in [0.05, 0.1) is 18.0 Å². The van der Waals surface area contributed by atoms with Crippen LogP contribution >= 0.6 is 0 Å². The number of carbonyl (C=O) groups is 1. The van der Waals surface area contributed by atoms with E-state index in [4.69, 9.17) is 4.74 Å². The maximum Gasteiger partial charge on any atom is 0.262 e. The summed E-state index contributed by atoms with van der Waals surface area (Å²) >= 11 is 0. The summed E-state index contributed by atoms with van der Waals surface area (Å²) in [6.07, 6.45) is 3.14. The number of fused-ring (bicyclic) bond motifs is 1. The van der Waals surface area contributed by atoms with Crippen LogP contribution in [-0.4, -0.2) is 22.6 Å². The van der Waals surface area contributed by atoms with Crippen LogP contribution in [0.4, 0.5) is 5.82 Å². The van der Waals surface area contributed by atoms with Gasteiger partial charge in [0, 0.05) is 19.4 Å². The molecule has 2 aromatic heterocycles. The van der Waals surface area contributed by atoms with Crippen molar-refractivity contribution in [3.8, 4) is 5.75 Å². The Morgan fingerprint density at radius 1 is 1.25 bits per heavy atom. The van der Waals surface area contributed by atoms with Crippen molar-refractivity contribution in [1.29, 1.82) is 0 Å².